The fraction of sp³-hybridized carbons (Fsp3) is 1.00. The van der Waals surface area contributed by atoms with Gasteiger partial charge in [-0.25, -0.2) is 0 Å². The molecule has 1 aliphatic carbocycles. The fourth-order valence-electron chi connectivity index (χ4n) is 3.73. The van der Waals surface area contributed by atoms with Crippen LogP contribution in [0.3, 0.4) is 0 Å². The summed E-state index contributed by atoms with van der Waals surface area (Å²) in [5.41, 5.74) is 0. The van der Waals surface area contributed by atoms with Gasteiger partial charge in [-0.05, 0) is 17.8 Å². The average Bonchev–Trinajstić information content (AvgIpc) is 2.40. The maximum atomic E-state index is 2.52. The lowest BCUT2D eigenvalue weighted by Crippen LogP contribution is -2.16. The van der Waals surface area contributed by atoms with E-state index >= 15 is 0 Å². The first kappa shape index (κ1) is 17.1. The Hall–Kier alpha value is 0. The molecule has 0 bridgehead atoms. The second-order valence-corrected chi connectivity index (χ2v) is 7.26. The SMILES string of the molecule is CCCCCCCCC[C@H]1CCC[C@@H](C)CC[C@H]1C. The summed E-state index contributed by atoms with van der Waals surface area (Å²) in [6.07, 6.45) is 19.2. The molecule has 1 saturated carbocycles. The van der Waals surface area contributed by atoms with Gasteiger partial charge in [0.1, 0.15) is 0 Å². The van der Waals surface area contributed by atoms with Crippen molar-refractivity contribution in [2.75, 3.05) is 0 Å². The van der Waals surface area contributed by atoms with E-state index in [1.54, 1.807) is 0 Å². The summed E-state index contributed by atoms with van der Waals surface area (Å²) in [4.78, 5) is 0. The number of rotatable bonds is 8. The quantitative estimate of drug-likeness (QED) is 0.416. The van der Waals surface area contributed by atoms with Gasteiger partial charge in [0.25, 0.3) is 0 Å². The minimum atomic E-state index is 0.988. The molecule has 1 aliphatic rings. The first-order chi connectivity index (χ1) is 9.24. The highest BCUT2D eigenvalue weighted by Gasteiger charge is 2.20. The maximum Gasteiger partial charge on any atom is -0.0388 e. The second kappa shape index (κ2) is 10.7. The standard InChI is InChI=1S/C19H38/c1-4-5-6-7-8-9-10-13-19-14-11-12-17(2)15-16-18(19)3/h17-19H,4-16H2,1-3H3/t17-,18-,19+/m1/s1. The van der Waals surface area contributed by atoms with Crippen LogP contribution in [0.2, 0.25) is 0 Å². The lowest BCUT2D eigenvalue weighted by molar-refractivity contribution is 0.235. The zero-order valence-corrected chi connectivity index (χ0v) is 13.9. The fourth-order valence-corrected chi connectivity index (χ4v) is 3.73. The molecule has 0 heterocycles. The Kier molecular flexibility index (Phi) is 9.65. The molecule has 1 rings (SSSR count). The van der Waals surface area contributed by atoms with Crippen molar-refractivity contribution >= 4 is 0 Å². The first-order valence-corrected chi connectivity index (χ1v) is 9.24. The molecule has 3 atom stereocenters. The van der Waals surface area contributed by atoms with E-state index in [0.717, 1.165) is 17.8 Å². The van der Waals surface area contributed by atoms with Crippen LogP contribution in [0.25, 0.3) is 0 Å². The Labute approximate surface area is 122 Å². The van der Waals surface area contributed by atoms with Gasteiger partial charge in [0.05, 0.1) is 0 Å². The molecule has 0 aromatic heterocycles. The third kappa shape index (κ3) is 8.00. The monoisotopic (exact) mass is 266 g/mol. The molecule has 0 unspecified atom stereocenters. The third-order valence-electron chi connectivity index (χ3n) is 5.37. The summed E-state index contributed by atoms with van der Waals surface area (Å²) in [7, 11) is 0. The third-order valence-corrected chi connectivity index (χ3v) is 5.37. The van der Waals surface area contributed by atoms with Crippen molar-refractivity contribution in [1.82, 2.24) is 0 Å². The minimum Gasteiger partial charge on any atom is -0.0654 e. The summed E-state index contributed by atoms with van der Waals surface area (Å²) < 4.78 is 0. The van der Waals surface area contributed by atoms with E-state index in [1.807, 2.05) is 0 Å². The number of unbranched alkanes of at least 4 members (excludes halogenated alkanes) is 6. The molecular weight excluding hydrogens is 228 g/mol. The van der Waals surface area contributed by atoms with Crippen LogP contribution in [0.5, 0.6) is 0 Å². The Morgan fingerprint density at radius 3 is 2.16 bits per heavy atom. The Balaban J connectivity index is 2.06. The molecule has 0 radical (unpaired) electrons. The van der Waals surface area contributed by atoms with E-state index in [4.69, 9.17) is 0 Å². The van der Waals surface area contributed by atoms with E-state index in [1.165, 1.54) is 83.5 Å². The summed E-state index contributed by atoms with van der Waals surface area (Å²) in [5.74, 6) is 3.02. The Morgan fingerprint density at radius 1 is 0.737 bits per heavy atom. The lowest BCUT2D eigenvalue weighted by atomic mass is 9.78. The highest BCUT2D eigenvalue weighted by Crippen LogP contribution is 2.33. The average molecular weight is 267 g/mol. The highest BCUT2D eigenvalue weighted by molar-refractivity contribution is 4.72. The van der Waals surface area contributed by atoms with Crippen molar-refractivity contribution in [1.29, 1.82) is 0 Å². The van der Waals surface area contributed by atoms with Crippen LogP contribution in [0.1, 0.15) is 104 Å². The van der Waals surface area contributed by atoms with Crippen molar-refractivity contribution in [2.45, 2.75) is 104 Å². The van der Waals surface area contributed by atoms with Gasteiger partial charge >= 0.3 is 0 Å². The molecule has 0 aromatic carbocycles. The van der Waals surface area contributed by atoms with Crippen LogP contribution in [0, 0.1) is 17.8 Å². The van der Waals surface area contributed by atoms with Crippen molar-refractivity contribution in [3.05, 3.63) is 0 Å². The summed E-state index contributed by atoms with van der Waals surface area (Å²) in [6.45, 7) is 7.27. The van der Waals surface area contributed by atoms with Crippen molar-refractivity contribution in [3.63, 3.8) is 0 Å². The van der Waals surface area contributed by atoms with Crippen LogP contribution in [0.4, 0.5) is 0 Å². The van der Waals surface area contributed by atoms with Gasteiger partial charge in [0.15, 0.2) is 0 Å². The zero-order chi connectivity index (χ0) is 13.9. The molecule has 114 valence electrons. The molecule has 19 heavy (non-hydrogen) atoms. The molecule has 0 amide bonds. The summed E-state index contributed by atoms with van der Waals surface area (Å²) >= 11 is 0. The van der Waals surface area contributed by atoms with Crippen LogP contribution >= 0.6 is 0 Å². The van der Waals surface area contributed by atoms with E-state index in [-0.39, 0.29) is 0 Å². The molecule has 0 spiro atoms. The Bertz CT molecular complexity index is 196. The van der Waals surface area contributed by atoms with E-state index in [2.05, 4.69) is 20.8 Å². The normalized spacial score (nSPS) is 28.9. The minimum absolute atomic E-state index is 0.988. The van der Waals surface area contributed by atoms with Crippen LogP contribution in [-0.4, -0.2) is 0 Å². The predicted molar refractivity (Wildman–Crippen MR) is 87.5 cm³/mol. The van der Waals surface area contributed by atoms with E-state index in [0.29, 0.717) is 0 Å². The second-order valence-electron chi connectivity index (χ2n) is 7.26. The molecule has 0 aromatic rings. The molecule has 0 N–H and O–H groups in total. The predicted octanol–water partition coefficient (Wildman–Crippen LogP) is 6.98. The first-order valence-electron chi connectivity index (χ1n) is 9.24. The van der Waals surface area contributed by atoms with Crippen molar-refractivity contribution in [2.24, 2.45) is 17.8 Å². The largest absolute Gasteiger partial charge is 0.0654 e. The number of hydrogen-bond acceptors (Lipinski definition) is 0. The number of hydrogen-bond donors (Lipinski definition) is 0. The molecule has 0 aliphatic heterocycles. The molecular formula is C19H38. The van der Waals surface area contributed by atoms with Crippen LogP contribution < -0.4 is 0 Å². The van der Waals surface area contributed by atoms with E-state index < -0.39 is 0 Å². The summed E-state index contributed by atoms with van der Waals surface area (Å²) in [6, 6.07) is 0. The smallest absolute Gasteiger partial charge is 0.0388 e. The van der Waals surface area contributed by atoms with Crippen LogP contribution in [0.15, 0.2) is 0 Å². The van der Waals surface area contributed by atoms with Gasteiger partial charge in [-0.2, -0.15) is 0 Å². The molecule has 0 heteroatoms. The van der Waals surface area contributed by atoms with Gasteiger partial charge < -0.3 is 0 Å². The van der Waals surface area contributed by atoms with Gasteiger partial charge in [-0.15, -0.1) is 0 Å². The zero-order valence-electron chi connectivity index (χ0n) is 13.9. The topological polar surface area (TPSA) is 0 Å². The van der Waals surface area contributed by atoms with Gasteiger partial charge in [-0.3, -0.25) is 0 Å². The Morgan fingerprint density at radius 2 is 1.42 bits per heavy atom. The maximum absolute atomic E-state index is 2.52. The van der Waals surface area contributed by atoms with Crippen LogP contribution in [-0.2, 0) is 0 Å². The van der Waals surface area contributed by atoms with Gasteiger partial charge in [-0.1, -0.05) is 104 Å². The van der Waals surface area contributed by atoms with Crippen molar-refractivity contribution < 1.29 is 0 Å². The van der Waals surface area contributed by atoms with Crippen molar-refractivity contribution in [3.8, 4) is 0 Å². The van der Waals surface area contributed by atoms with E-state index in [9.17, 15) is 0 Å². The molecule has 0 saturated heterocycles. The molecule has 1 fully saturated rings. The molecule has 0 nitrogen and oxygen atoms in total. The highest BCUT2D eigenvalue weighted by atomic mass is 14.3. The van der Waals surface area contributed by atoms with Gasteiger partial charge in [0.2, 0.25) is 0 Å². The lowest BCUT2D eigenvalue weighted by Gasteiger charge is -2.28. The summed E-state index contributed by atoms with van der Waals surface area (Å²) in [5, 5.41) is 0. The van der Waals surface area contributed by atoms with Gasteiger partial charge in [0, 0.05) is 0 Å².